The van der Waals surface area contributed by atoms with Crippen LogP contribution >= 0.6 is 0 Å². The molecular formula is C93H104FN27O4. The lowest BCUT2D eigenvalue weighted by atomic mass is 10.1. The number of aromatic nitrogens is 19. The number of imidazole rings is 1. The Kier molecular flexibility index (Phi) is 21.9. The highest BCUT2D eigenvalue weighted by Gasteiger charge is 2.34. The molecule has 0 unspecified atom stereocenters. The molecule has 6 aliphatic rings. The largest absolute Gasteiger partial charge is 0.369 e. The molecule has 0 bridgehead atoms. The quantitative estimate of drug-likeness (QED) is 0.104. The highest BCUT2D eigenvalue weighted by molar-refractivity contribution is 5.71. The second kappa shape index (κ2) is 33.6. The van der Waals surface area contributed by atoms with Gasteiger partial charge in [-0.05, 0) is 200 Å². The summed E-state index contributed by atoms with van der Waals surface area (Å²) >= 11 is 0. The van der Waals surface area contributed by atoms with E-state index in [0.717, 1.165) is 177 Å². The molecule has 0 saturated carbocycles. The molecule has 31 nitrogen and oxygen atoms in total. The van der Waals surface area contributed by atoms with Gasteiger partial charge in [0.15, 0.2) is 11.5 Å². The van der Waals surface area contributed by atoms with Crippen molar-refractivity contribution in [2.24, 2.45) is 0 Å². The molecule has 4 atom stereocenters. The average Bonchev–Trinajstić information content (AvgIpc) is 1.73. The van der Waals surface area contributed by atoms with Gasteiger partial charge in [0.2, 0.25) is 0 Å². The van der Waals surface area contributed by atoms with Gasteiger partial charge in [0.25, 0.3) is 22.2 Å². The predicted octanol–water partition coefficient (Wildman–Crippen LogP) is 10.1. The van der Waals surface area contributed by atoms with Crippen LogP contribution in [-0.2, 0) is 19.3 Å². The van der Waals surface area contributed by atoms with E-state index in [1.165, 1.54) is 50.9 Å². The van der Waals surface area contributed by atoms with Crippen LogP contribution in [0, 0.1) is 33.5 Å². The number of nitrogens with zero attached hydrogens (tertiary/aromatic N) is 27. The molecule has 6 fully saturated rings. The summed E-state index contributed by atoms with van der Waals surface area (Å²) in [7, 11) is 8.46. The maximum Gasteiger partial charge on any atom is 0.258 e. The fourth-order valence-electron chi connectivity index (χ4n) is 18.9. The fourth-order valence-corrected chi connectivity index (χ4v) is 18.9. The summed E-state index contributed by atoms with van der Waals surface area (Å²) in [5.41, 5.74) is 20.5. The summed E-state index contributed by atoms with van der Waals surface area (Å²) in [6, 6.07) is 31.7. The number of likely N-dealkylation sites (N-methyl/N-ethyl adjacent to an activating group) is 2. The number of hydrogen-bond acceptors (Lipinski definition) is 23. The third-order valence-electron chi connectivity index (χ3n) is 25.7. The normalized spacial score (nSPS) is 18.1. The van der Waals surface area contributed by atoms with Gasteiger partial charge in [-0.15, -0.1) is 0 Å². The van der Waals surface area contributed by atoms with Crippen LogP contribution < -0.4 is 41.8 Å². The van der Waals surface area contributed by atoms with Crippen molar-refractivity contribution >= 4 is 67.5 Å². The van der Waals surface area contributed by atoms with Crippen LogP contribution in [0.3, 0.4) is 0 Å². The number of rotatable bonds is 13. The summed E-state index contributed by atoms with van der Waals surface area (Å²) in [6.45, 7) is 26.4. The van der Waals surface area contributed by atoms with Crippen LogP contribution in [0.25, 0.3) is 90.2 Å². The van der Waals surface area contributed by atoms with Crippen molar-refractivity contribution in [3.05, 3.63) is 240 Å². The monoisotopic (exact) mass is 1680 g/mol. The standard InChI is InChI=1S/C24H27N7O.C23H23FN6O.2C23H27N7O/c1-3-19-22-11-21(27-31(22)13-16(2)25-19)20-12-24(32)30-15-18(6-7-23(30)26-20)29-10-9-28-8-4-5-17(28)14-29;1-15-11-29-12-16(9-19(24)23(29)25-15)20-10-22(31)30-14-18(4-5-21(30)26-20)28-8-7-27-6-2-3-17(27)13-28;2*1-5-18-21-10-20(26-30(21)12-15(2)24-18)19-11-23(31)29-14-17(6-7-22(29)25-19)28-9-8-16(13-28)27(3)4/h6-7,11-13,15,17H,3-5,8-10,14H2,1-2H3;4-5,9-12,14,17H,2-3,6-8,13H2,1H3;2*6-7,10-12,14,16H,5,8-9,13H2,1-4H3/t2*17-;2*16-/m1010/s1. The van der Waals surface area contributed by atoms with Gasteiger partial charge >= 0.3 is 0 Å². The van der Waals surface area contributed by atoms with Gasteiger partial charge in [0.1, 0.15) is 39.7 Å². The van der Waals surface area contributed by atoms with Crippen molar-refractivity contribution in [2.45, 2.75) is 130 Å². The smallest absolute Gasteiger partial charge is 0.258 e. The molecule has 0 spiro atoms. The molecule has 0 N–H and O–H groups in total. The zero-order chi connectivity index (χ0) is 86.3. The van der Waals surface area contributed by atoms with Gasteiger partial charge in [0.05, 0.1) is 121 Å². The Balaban J connectivity index is 0.000000109. The molecule has 0 radical (unpaired) electrons. The Hall–Kier alpha value is -13.0. The lowest BCUT2D eigenvalue weighted by Gasteiger charge is -2.38. The van der Waals surface area contributed by atoms with Crippen LogP contribution in [0.1, 0.15) is 99.2 Å². The first-order chi connectivity index (χ1) is 60.5. The number of anilines is 4. The lowest BCUT2D eigenvalue weighted by Crippen LogP contribution is -2.50. The Labute approximate surface area is 720 Å². The van der Waals surface area contributed by atoms with Crippen molar-refractivity contribution in [2.75, 3.05) is 126 Å². The number of halogens is 1. The van der Waals surface area contributed by atoms with Crippen molar-refractivity contribution in [3.8, 4) is 45.4 Å². The number of pyridine rings is 5. The van der Waals surface area contributed by atoms with Crippen LogP contribution in [-0.4, -0.2) is 241 Å². The molecule has 0 aromatic carbocycles. The van der Waals surface area contributed by atoms with E-state index < -0.39 is 5.82 Å². The van der Waals surface area contributed by atoms with Crippen molar-refractivity contribution in [3.63, 3.8) is 0 Å². The zero-order valence-corrected chi connectivity index (χ0v) is 72.7. The molecule has 0 amide bonds. The van der Waals surface area contributed by atoms with Gasteiger partial charge < -0.3 is 33.8 Å². The van der Waals surface area contributed by atoms with E-state index in [1.54, 1.807) is 52.6 Å². The summed E-state index contributed by atoms with van der Waals surface area (Å²) in [5, 5.41) is 14.0. The van der Waals surface area contributed by atoms with E-state index in [4.69, 9.17) is 15.0 Å². The van der Waals surface area contributed by atoms with E-state index in [1.807, 2.05) is 133 Å². The Bertz CT molecular complexity index is 6910. The van der Waals surface area contributed by atoms with Gasteiger partial charge in [-0.2, -0.15) is 15.3 Å². The van der Waals surface area contributed by atoms with Gasteiger partial charge in [-0.1, -0.05) is 20.8 Å². The molecule has 22 rings (SSSR count). The first-order valence-corrected chi connectivity index (χ1v) is 43.7. The van der Waals surface area contributed by atoms with E-state index in [2.05, 4.69) is 147 Å². The maximum atomic E-state index is 14.5. The highest BCUT2D eigenvalue weighted by Crippen LogP contribution is 2.33. The van der Waals surface area contributed by atoms with E-state index >= 15 is 0 Å². The summed E-state index contributed by atoms with van der Waals surface area (Å²) in [6.07, 6.45) is 26.6. The average molecular weight is 1680 g/mol. The first-order valence-electron chi connectivity index (χ1n) is 43.7. The molecule has 22 heterocycles. The van der Waals surface area contributed by atoms with E-state index in [0.29, 0.717) is 92.2 Å². The van der Waals surface area contributed by atoms with Crippen LogP contribution in [0.2, 0.25) is 0 Å². The lowest BCUT2D eigenvalue weighted by molar-refractivity contribution is 0.231. The minimum Gasteiger partial charge on any atom is -0.369 e. The van der Waals surface area contributed by atoms with Crippen molar-refractivity contribution in [1.29, 1.82) is 0 Å². The molecular weight excluding hydrogens is 1580 g/mol. The molecule has 16 aromatic rings. The molecule has 125 heavy (non-hydrogen) atoms. The minimum absolute atomic E-state index is 0.0894. The van der Waals surface area contributed by atoms with Gasteiger partial charge in [-0.3, -0.25) is 61.5 Å². The van der Waals surface area contributed by atoms with Gasteiger partial charge in [0, 0.05) is 157 Å². The molecule has 6 aliphatic heterocycles. The first kappa shape index (κ1) is 81.6. The SMILES string of the molecule is CCc1nc(C)cn2nc(-c3cc(=O)n4cc(N5CCN6CCC[C@@H]6C5)ccc4n3)cc12.CCc1nc(C)cn2nc(-c3cc(=O)n4cc(N5CC[C@@H](N(C)C)C5)ccc4n3)cc12.CCc1nc(C)cn2nc(-c3cc(=O)n4cc(N5CC[C@H](N(C)C)C5)ccc4n3)cc12.Cc1cn2cc(-c3cc(=O)n4cc(N5CCN6CCC[C@H]6C5)ccc4n3)cc(F)c2n1. The zero-order valence-electron chi connectivity index (χ0n) is 72.7. The molecule has 642 valence electrons. The Morgan fingerprint density at radius 2 is 0.696 bits per heavy atom. The third-order valence-corrected chi connectivity index (χ3v) is 25.7. The summed E-state index contributed by atoms with van der Waals surface area (Å²) in [5.74, 6) is -0.436. The summed E-state index contributed by atoms with van der Waals surface area (Å²) in [4.78, 5) is 108. The van der Waals surface area contributed by atoms with Crippen LogP contribution in [0.5, 0.6) is 0 Å². The molecule has 32 heteroatoms. The maximum absolute atomic E-state index is 14.5. The molecule has 0 aliphatic carbocycles. The minimum atomic E-state index is -0.436. The predicted molar refractivity (Wildman–Crippen MR) is 485 cm³/mol. The number of fused-ring (bicyclic) bond motifs is 10. The van der Waals surface area contributed by atoms with Crippen molar-refractivity contribution < 1.29 is 4.39 Å². The van der Waals surface area contributed by atoms with Crippen LogP contribution in [0.15, 0.2) is 172 Å². The molecule has 6 saturated heterocycles. The number of aryl methyl sites for hydroxylation is 7. The van der Waals surface area contributed by atoms with E-state index in [9.17, 15) is 23.6 Å². The number of piperazine rings is 2. The Morgan fingerprint density at radius 3 is 1.05 bits per heavy atom. The van der Waals surface area contributed by atoms with Crippen LogP contribution in [0.4, 0.5) is 27.1 Å². The summed E-state index contributed by atoms with van der Waals surface area (Å²) < 4.78 is 28.1. The third kappa shape index (κ3) is 16.2. The van der Waals surface area contributed by atoms with Gasteiger partial charge in [-0.25, -0.2) is 42.9 Å². The molecule has 16 aromatic heterocycles. The number of hydrogen-bond donors (Lipinski definition) is 0. The second-order valence-corrected chi connectivity index (χ2v) is 34.5. The fraction of sp³-hybridized carbons (Fsp3) is 0.387. The topological polar surface area (TPSA) is 271 Å². The highest BCUT2D eigenvalue weighted by atomic mass is 19.1. The Morgan fingerprint density at radius 1 is 0.352 bits per heavy atom. The van der Waals surface area contributed by atoms with Crippen molar-refractivity contribution in [1.82, 2.24) is 110 Å². The van der Waals surface area contributed by atoms with E-state index in [-0.39, 0.29) is 27.9 Å². The second-order valence-electron chi connectivity index (χ2n) is 34.5.